The standard InChI is InChI=1S/C18H19NO5S2/c1-11(24-18(21)16-10-13-4-3-5-15(13)25-16)17(20)12-6-8-14(9-7-12)19-26(2,22)23/h6-11,19H,3-5H2,1-2H3/t11-/m0/s1. The van der Waals surface area contributed by atoms with E-state index in [1.807, 2.05) is 6.07 Å². The molecular weight excluding hydrogens is 374 g/mol. The molecule has 8 heteroatoms. The highest BCUT2D eigenvalue weighted by Gasteiger charge is 2.24. The summed E-state index contributed by atoms with van der Waals surface area (Å²) in [6.45, 7) is 1.53. The van der Waals surface area contributed by atoms with Crippen molar-refractivity contribution in [2.24, 2.45) is 0 Å². The number of hydrogen-bond acceptors (Lipinski definition) is 6. The number of carbonyl (C=O) groups is 2. The van der Waals surface area contributed by atoms with Gasteiger partial charge in [0.1, 0.15) is 4.88 Å². The molecule has 0 bridgehead atoms. The minimum Gasteiger partial charge on any atom is -0.450 e. The molecule has 2 aromatic rings. The summed E-state index contributed by atoms with van der Waals surface area (Å²) in [6.07, 6.45) is 3.23. The van der Waals surface area contributed by atoms with E-state index in [0.29, 0.717) is 16.1 Å². The predicted molar refractivity (Wildman–Crippen MR) is 100 cm³/mol. The Bertz CT molecular complexity index is 923. The first-order valence-electron chi connectivity index (χ1n) is 8.17. The molecule has 1 atom stereocenters. The number of ether oxygens (including phenoxy) is 1. The van der Waals surface area contributed by atoms with Gasteiger partial charge in [-0.1, -0.05) is 0 Å². The molecule has 0 saturated heterocycles. The van der Waals surface area contributed by atoms with E-state index in [9.17, 15) is 18.0 Å². The van der Waals surface area contributed by atoms with E-state index in [1.165, 1.54) is 53.0 Å². The number of benzene rings is 1. The molecule has 1 N–H and O–H groups in total. The summed E-state index contributed by atoms with van der Waals surface area (Å²) in [7, 11) is -3.38. The smallest absolute Gasteiger partial charge is 0.349 e. The molecule has 0 fully saturated rings. The molecular formula is C18H19NO5S2. The summed E-state index contributed by atoms with van der Waals surface area (Å²) in [6, 6.07) is 7.84. The molecule has 1 heterocycles. The predicted octanol–water partition coefficient (Wildman–Crippen LogP) is 3.04. The fourth-order valence-electron chi connectivity index (χ4n) is 2.85. The Morgan fingerprint density at radius 2 is 1.88 bits per heavy atom. The summed E-state index contributed by atoms with van der Waals surface area (Å²) in [5.41, 5.74) is 1.91. The molecule has 0 saturated carbocycles. The van der Waals surface area contributed by atoms with Gasteiger partial charge in [0.25, 0.3) is 0 Å². The number of esters is 1. The van der Waals surface area contributed by atoms with E-state index in [2.05, 4.69) is 4.72 Å². The van der Waals surface area contributed by atoms with E-state index in [0.717, 1.165) is 25.5 Å². The fraction of sp³-hybridized carbons (Fsp3) is 0.333. The molecule has 0 aliphatic heterocycles. The number of Topliss-reactive ketones (excluding diaryl/α,β-unsaturated/α-hetero) is 1. The van der Waals surface area contributed by atoms with Crippen molar-refractivity contribution in [3.63, 3.8) is 0 Å². The number of thiophene rings is 1. The molecule has 1 aromatic heterocycles. The Kier molecular flexibility index (Phi) is 5.15. The molecule has 1 aromatic carbocycles. The van der Waals surface area contributed by atoms with Crippen molar-refractivity contribution >= 4 is 38.8 Å². The van der Waals surface area contributed by atoms with Crippen LogP contribution >= 0.6 is 11.3 Å². The van der Waals surface area contributed by atoms with Crippen LogP contribution in [0.4, 0.5) is 5.69 Å². The first kappa shape index (κ1) is 18.6. The summed E-state index contributed by atoms with van der Waals surface area (Å²) in [5, 5.41) is 0. The lowest BCUT2D eigenvalue weighted by molar-refractivity contribution is 0.0323. The highest BCUT2D eigenvalue weighted by molar-refractivity contribution is 7.92. The van der Waals surface area contributed by atoms with Gasteiger partial charge in [0, 0.05) is 16.1 Å². The average molecular weight is 393 g/mol. The molecule has 0 radical (unpaired) electrons. The number of anilines is 1. The molecule has 3 rings (SSSR count). The van der Waals surface area contributed by atoms with Gasteiger partial charge in [-0.2, -0.15) is 0 Å². The van der Waals surface area contributed by atoms with Gasteiger partial charge in [0.2, 0.25) is 15.8 Å². The van der Waals surface area contributed by atoms with Gasteiger partial charge in [-0.3, -0.25) is 9.52 Å². The van der Waals surface area contributed by atoms with Gasteiger partial charge >= 0.3 is 5.97 Å². The van der Waals surface area contributed by atoms with Gasteiger partial charge in [0.05, 0.1) is 6.26 Å². The Morgan fingerprint density at radius 1 is 1.19 bits per heavy atom. The Morgan fingerprint density at radius 3 is 2.50 bits per heavy atom. The van der Waals surface area contributed by atoms with E-state index in [-0.39, 0.29) is 5.78 Å². The average Bonchev–Trinajstić information content (AvgIpc) is 3.15. The normalized spacial score (nSPS) is 14.5. The van der Waals surface area contributed by atoms with Gasteiger partial charge in [-0.15, -0.1) is 11.3 Å². The van der Waals surface area contributed by atoms with Crippen LogP contribution in [0, 0.1) is 0 Å². The maximum atomic E-state index is 12.4. The minimum absolute atomic E-state index is 0.339. The second kappa shape index (κ2) is 7.20. The second-order valence-corrected chi connectivity index (χ2v) is 9.16. The maximum absolute atomic E-state index is 12.4. The zero-order valence-corrected chi connectivity index (χ0v) is 16.1. The summed E-state index contributed by atoms with van der Waals surface area (Å²) >= 11 is 1.44. The van der Waals surface area contributed by atoms with Crippen LogP contribution in [0.3, 0.4) is 0 Å². The number of carbonyl (C=O) groups excluding carboxylic acids is 2. The van der Waals surface area contributed by atoms with Crippen LogP contribution in [0.2, 0.25) is 0 Å². The van der Waals surface area contributed by atoms with Crippen LogP contribution in [0.5, 0.6) is 0 Å². The topological polar surface area (TPSA) is 89.5 Å². The monoisotopic (exact) mass is 393 g/mol. The Labute approximate surface area is 156 Å². The van der Waals surface area contributed by atoms with Crippen molar-refractivity contribution in [1.82, 2.24) is 0 Å². The summed E-state index contributed by atoms with van der Waals surface area (Å²) in [4.78, 5) is 26.5. The van der Waals surface area contributed by atoms with E-state index in [4.69, 9.17) is 4.74 Å². The molecule has 1 aliphatic carbocycles. The molecule has 26 heavy (non-hydrogen) atoms. The van der Waals surface area contributed by atoms with Gasteiger partial charge in [-0.25, -0.2) is 13.2 Å². The zero-order chi connectivity index (χ0) is 18.9. The van der Waals surface area contributed by atoms with Crippen LogP contribution < -0.4 is 4.72 Å². The van der Waals surface area contributed by atoms with Crippen LogP contribution in [0.1, 0.15) is 43.8 Å². The van der Waals surface area contributed by atoms with Crippen molar-refractivity contribution in [2.45, 2.75) is 32.3 Å². The van der Waals surface area contributed by atoms with Crippen molar-refractivity contribution in [3.05, 3.63) is 51.2 Å². The number of hydrogen-bond donors (Lipinski definition) is 1. The van der Waals surface area contributed by atoms with Gasteiger partial charge in [-0.05, 0) is 62.1 Å². The molecule has 6 nitrogen and oxygen atoms in total. The fourth-order valence-corrected chi connectivity index (χ4v) is 4.55. The van der Waals surface area contributed by atoms with Gasteiger partial charge < -0.3 is 4.74 Å². The van der Waals surface area contributed by atoms with Crippen LogP contribution in [-0.4, -0.2) is 32.5 Å². The largest absolute Gasteiger partial charge is 0.450 e. The lowest BCUT2D eigenvalue weighted by Crippen LogP contribution is -2.24. The quantitative estimate of drug-likeness (QED) is 0.602. The second-order valence-electron chi connectivity index (χ2n) is 6.28. The third-order valence-corrected chi connectivity index (χ3v) is 5.90. The van der Waals surface area contributed by atoms with Crippen LogP contribution in [-0.2, 0) is 27.6 Å². The number of ketones is 1. The van der Waals surface area contributed by atoms with Crippen molar-refractivity contribution in [3.8, 4) is 0 Å². The third-order valence-electron chi connectivity index (χ3n) is 4.07. The van der Waals surface area contributed by atoms with Crippen LogP contribution in [0.25, 0.3) is 0 Å². The number of fused-ring (bicyclic) bond motifs is 1. The molecule has 0 unspecified atom stereocenters. The van der Waals surface area contributed by atoms with E-state index in [1.54, 1.807) is 0 Å². The van der Waals surface area contributed by atoms with Crippen molar-refractivity contribution in [1.29, 1.82) is 0 Å². The van der Waals surface area contributed by atoms with E-state index >= 15 is 0 Å². The Hall–Kier alpha value is -2.19. The Balaban J connectivity index is 1.64. The summed E-state index contributed by atoms with van der Waals surface area (Å²) in [5.74, 6) is -0.825. The molecule has 0 spiro atoms. The number of aryl methyl sites for hydroxylation is 2. The minimum atomic E-state index is -3.38. The zero-order valence-electron chi connectivity index (χ0n) is 14.4. The first-order chi connectivity index (χ1) is 12.2. The molecule has 0 amide bonds. The first-order valence-corrected chi connectivity index (χ1v) is 10.9. The maximum Gasteiger partial charge on any atom is 0.349 e. The van der Waals surface area contributed by atoms with Gasteiger partial charge in [0.15, 0.2) is 6.10 Å². The highest BCUT2D eigenvalue weighted by Crippen LogP contribution is 2.31. The van der Waals surface area contributed by atoms with Crippen LogP contribution in [0.15, 0.2) is 30.3 Å². The molecule has 138 valence electrons. The van der Waals surface area contributed by atoms with Crippen molar-refractivity contribution in [2.75, 3.05) is 11.0 Å². The molecule has 1 aliphatic rings. The SMILES string of the molecule is C[C@H](OC(=O)c1cc2c(s1)CCC2)C(=O)c1ccc(NS(C)(=O)=O)cc1. The number of sulfonamides is 1. The number of nitrogens with one attached hydrogen (secondary N) is 1. The highest BCUT2D eigenvalue weighted by atomic mass is 32.2. The van der Waals surface area contributed by atoms with Crippen molar-refractivity contribution < 1.29 is 22.7 Å². The lowest BCUT2D eigenvalue weighted by atomic mass is 10.1. The third kappa shape index (κ3) is 4.31. The number of rotatable bonds is 6. The van der Waals surface area contributed by atoms with E-state index < -0.39 is 22.1 Å². The lowest BCUT2D eigenvalue weighted by Gasteiger charge is -2.12. The summed E-state index contributed by atoms with van der Waals surface area (Å²) < 4.78 is 30.0.